The molecule has 9 nitrogen and oxygen atoms in total. The Morgan fingerprint density at radius 3 is 2.24 bits per heavy atom. The molecule has 188 valence electrons. The topological polar surface area (TPSA) is 88.9 Å². The van der Waals surface area contributed by atoms with Crippen LogP contribution in [0.3, 0.4) is 0 Å². The predicted molar refractivity (Wildman–Crippen MR) is 138 cm³/mol. The van der Waals surface area contributed by atoms with E-state index in [0.717, 1.165) is 39.5 Å². The van der Waals surface area contributed by atoms with E-state index in [1.165, 1.54) is 0 Å². The number of fused-ring (bicyclic) bond motifs is 3. The smallest absolute Gasteiger partial charge is 0.226 e. The molecule has 0 radical (unpaired) electrons. The number of methoxy groups -OCH3 is 4. The number of ether oxygens (including phenoxy) is 5. The van der Waals surface area contributed by atoms with Gasteiger partial charge in [0.05, 0.1) is 34.1 Å². The number of nitrogens with one attached hydrogen (secondary N) is 1. The molecule has 3 aromatic carbocycles. The van der Waals surface area contributed by atoms with Crippen LogP contribution in [0.5, 0.6) is 28.7 Å². The second-order valence-electron chi connectivity index (χ2n) is 8.61. The highest BCUT2D eigenvalue weighted by molar-refractivity contribution is 5.85. The maximum absolute atomic E-state index is 6.67. The largest absolute Gasteiger partial charge is 0.497 e. The van der Waals surface area contributed by atoms with Crippen LogP contribution in [0.15, 0.2) is 72.6 Å². The van der Waals surface area contributed by atoms with E-state index in [2.05, 4.69) is 15.4 Å². The van der Waals surface area contributed by atoms with Gasteiger partial charge in [-0.15, -0.1) is 0 Å². The molecule has 4 aromatic rings. The molecule has 0 fully saturated rings. The van der Waals surface area contributed by atoms with Gasteiger partial charge in [-0.2, -0.15) is 10.1 Å². The normalized spacial score (nSPS) is 17.5. The fourth-order valence-corrected chi connectivity index (χ4v) is 5.05. The first kappa shape index (κ1) is 22.8. The summed E-state index contributed by atoms with van der Waals surface area (Å²) in [5, 5.41) is 8.11. The molecular formula is C28H26N4O5. The first-order chi connectivity index (χ1) is 18.2. The summed E-state index contributed by atoms with van der Waals surface area (Å²) in [5.74, 6) is 3.81. The minimum Gasteiger partial charge on any atom is -0.497 e. The summed E-state index contributed by atoms with van der Waals surface area (Å²) in [7, 11) is 6.46. The summed E-state index contributed by atoms with van der Waals surface area (Å²) >= 11 is 0. The van der Waals surface area contributed by atoms with Crippen LogP contribution in [-0.2, 0) is 0 Å². The van der Waals surface area contributed by atoms with Crippen LogP contribution < -0.4 is 29.0 Å². The zero-order chi connectivity index (χ0) is 25.5. The highest BCUT2D eigenvalue weighted by atomic mass is 16.5. The zero-order valence-electron chi connectivity index (χ0n) is 20.9. The lowest BCUT2D eigenvalue weighted by molar-refractivity contribution is 0.222. The van der Waals surface area contributed by atoms with Crippen molar-refractivity contribution in [3.63, 3.8) is 0 Å². The lowest BCUT2D eigenvalue weighted by atomic mass is 9.84. The van der Waals surface area contributed by atoms with Crippen molar-refractivity contribution in [3.05, 3.63) is 89.3 Å². The van der Waals surface area contributed by atoms with Crippen molar-refractivity contribution in [2.45, 2.75) is 12.1 Å². The molecule has 1 N–H and O–H groups in total. The fraction of sp³-hybridized carbons (Fsp3) is 0.214. The zero-order valence-corrected chi connectivity index (χ0v) is 20.9. The Hall–Kier alpha value is -4.66. The van der Waals surface area contributed by atoms with Crippen molar-refractivity contribution in [3.8, 4) is 28.7 Å². The molecule has 0 saturated carbocycles. The average Bonchev–Trinajstić information content (AvgIpc) is 3.43. The summed E-state index contributed by atoms with van der Waals surface area (Å²) < 4.78 is 30.9. The van der Waals surface area contributed by atoms with E-state index < -0.39 is 6.10 Å². The van der Waals surface area contributed by atoms with E-state index in [9.17, 15) is 0 Å². The number of aromatic nitrogens is 3. The van der Waals surface area contributed by atoms with Gasteiger partial charge in [0.15, 0.2) is 11.5 Å². The summed E-state index contributed by atoms with van der Waals surface area (Å²) in [5.41, 5.74) is 4.73. The van der Waals surface area contributed by atoms with Gasteiger partial charge in [-0.25, -0.2) is 4.68 Å². The van der Waals surface area contributed by atoms with Crippen LogP contribution in [0, 0.1) is 0 Å². The van der Waals surface area contributed by atoms with Crippen LogP contribution in [0.4, 0.5) is 5.95 Å². The lowest BCUT2D eigenvalue weighted by Gasteiger charge is -2.39. The second kappa shape index (κ2) is 9.09. The summed E-state index contributed by atoms with van der Waals surface area (Å²) in [6.07, 6.45) is 1.13. The summed E-state index contributed by atoms with van der Waals surface area (Å²) in [6.45, 7) is 0. The third-order valence-corrected chi connectivity index (χ3v) is 6.74. The lowest BCUT2D eigenvalue weighted by Crippen LogP contribution is -2.32. The molecule has 0 saturated heterocycles. The Balaban J connectivity index is 1.61. The van der Waals surface area contributed by atoms with Crippen LogP contribution in [-0.4, -0.2) is 43.2 Å². The Kier molecular flexibility index (Phi) is 5.60. The second-order valence-corrected chi connectivity index (χ2v) is 8.61. The van der Waals surface area contributed by atoms with Crippen LogP contribution >= 0.6 is 0 Å². The molecule has 0 bridgehead atoms. The Bertz CT molecular complexity index is 1470. The average molecular weight is 499 g/mol. The number of anilines is 1. The van der Waals surface area contributed by atoms with Crippen molar-refractivity contribution in [1.29, 1.82) is 0 Å². The van der Waals surface area contributed by atoms with Gasteiger partial charge < -0.3 is 29.0 Å². The molecule has 9 heteroatoms. The molecule has 0 spiro atoms. The van der Waals surface area contributed by atoms with Crippen molar-refractivity contribution < 1.29 is 23.7 Å². The van der Waals surface area contributed by atoms with Crippen molar-refractivity contribution in [2.75, 3.05) is 33.8 Å². The number of nitrogens with zero attached hydrogens (tertiary/aromatic N) is 3. The van der Waals surface area contributed by atoms with E-state index in [0.29, 0.717) is 23.2 Å². The highest BCUT2D eigenvalue weighted by Gasteiger charge is 2.41. The van der Waals surface area contributed by atoms with Crippen molar-refractivity contribution >= 4 is 11.6 Å². The molecule has 2 aliphatic rings. The van der Waals surface area contributed by atoms with E-state index >= 15 is 0 Å². The Morgan fingerprint density at radius 1 is 0.838 bits per heavy atom. The van der Waals surface area contributed by atoms with Crippen LogP contribution in [0.25, 0.3) is 5.70 Å². The maximum Gasteiger partial charge on any atom is 0.226 e. The quantitative estimate of drug-likeness (QED) is 0.403. The molecule has 0 amide bonds. The Labute approximate surface area is 214 Å². The van der Waals surface area contributed by atoms with Gasteiger partial charge in [-0.05, 0) is 47.5 Å². The van der Waals surface area contributed by atoms with Gasteiger partial charge in [-0.1, -0.05) is 24.3 Å². The van der Waals surface area contributed by atoms with E-state index in [-0.39, 0.29) is 6.04 Å². The van der Waals surface area contributed by atoms with Gasteiger partial charge >= 0.3 is 0 Å². The van der Waals surface area contributed by atoms with Gasteiger partial charge in [0.2, 0.25) is 11.7 Å². The highest BCUT2D eigenvalue weighted by Crippen LogP contribution is 2.52. The number of para-hydroxylation sites is 1. The molecule has 2 atom stereocenters. The van der Waals surface area contributed by atoms with E-state index in [4.69, 9.17) is 23.7 Å². The molecule has 0 aliphatic carbocycles. The number of hydrogen-bond acceptors (Lipinski definition) is 8. The first-order valence-corrected chi connectivity index (χ1v) is 11.8. The summed E-state index contributed by atoms with van der Waals surface area (Å²) in [4.78, 5) is 4.50. The predicted octanol–water partition coefficient (Wildman–Crippen LogP) is 4.87. The molecular weight excluding hydrogens is 472 g/mol. The van der Waals surface area contributed by atoms with Gasteiger partial charge in [0.1, 0.15) is 30.0 Å². The van der Waals surface area contributed by atoms with E-state index in [1.807, 2.05) is 65.3 Å². The third-order valence-electron chi connectivity index (χ3n) is 6.74. The van der Waals surface area contributed by atoms with Gasteiger partial charge in [-0.3, -0.25) is 0 Å². The van der Waals surface area contributed by atoms with Crippen molar-refractivity contribution in [2.24, 2.45) is 0 Å². The van der Waals surface area contributed by atoms with Gasteiger partial charge in [0.25, 0.3) is 0 Å². The standard InChI is InChI=1S/C28H26N4O5/c1-33-18-11-9-16(10-12-18)26-23-24(19-7-5-6-8-20(19)37-26)31-28-29-15-30-32(28)25(23)17-13-21(34-2)27(36-4)22(14-17)35-3/h5-15,25-26H,1-4H3,(H,29,30,31)/t25-,26+/m0/s1. The SMILES string of the molecule is COc1ccc([C@H]2Oc3ccccc3C3=C2[C@H](c2cc(OC)c(OC)c(OC)c2)n2ncnc2N3)cc1. The van der Waals surface area contributed by atoms with Crippen molar-refractivity contribution in [1.82, 2.24) is 14.8 Å². The minimum atomic E-state index is -0.412. The third kappa shape index (κ3) is 3.62. The molecule has 6 rings (SSSR count). The number of hydrogen-bond donors (Lipinski definition) is 1. The Morgan fingerprint density at radius 2 is 1.57 bits per heavy atom. The van der Waals surface area contributed by atoms with Crippen LogP contribution in [0.2, 0.25) is 0 Å². The maximum atomic E-state index is 6.67. The van der Waals surface area contributed by atoms with Gasteiger partial charge in [0, 0.05) is 11.1 Å². The van der Waals surface area contributed by atoms with Crippen LogP contribution in [0.1, 0.15) is 28.8 Å². The number of benzene rings is 3. The molecule has 2 aliphatic heterocycles. The molecule has 0 unspecified atom stereocenters. The monoisotopic (exact) mass is 498 g/mol. The summed E-state index contributed by atoms with van der Waals surface area (Å²) in [6, 6.07) is 19.4. The fourth-order valence-electron chi connectivity index (χ4n) is 5.05. The molecule has 1 aromatic heterocycles. The molecule has 3 heterocycles. The van der Waals surface area contributed by atoms with E-state index in [1.54, 1.807) is 34.8 Å². The number of rotatable bonds is 6. The molecule has 37 heavy (non-hydrogen) atoms. The first-order valence-electron chi connectivity index (χ1n) is 11.8. The minimum absolute atomic E-state index is 0.372.